The summed E-state index contributed by atoms with van der Waals surface area (Å²) in [4.78, 5) is 0. The molecule has 1 unspecified atom stereocenters. The van der Waals surface area contributed by atoms with Crippen LogP contribution in [0.1, 0.15) is 44.2 Å². The first-order valence-corrected chi connectivity index (χ1v) is 6.75. The van der Waals surface area contributed by atoms with Gasteiger partial charge in [0, 0.05) is 17.1 Å². The van der Waals surface area contributed by atoms with Gasteiger partial charge < -0.3 is 10.4 Å². The molecule has 2 nitrogen and oxygen atoms in total. The van der Waals surface area contributed by atoms with Crippen LogP contribution in [0.25, 0.3) is 0 Å². The highest BCUT2D eigenvalue weighted by Gasteiger charge is 2.24. The normalized spacial score (nSPS) is 26.8. The number of halogens is 1. The largest absolute Gasteiger partial charge is 0.392 e. The van der Waals surface area contributed by atoms with E-state index in [0.29, 0.717) is 0 Å². The van der Waals surface area contributed by atoms with Gasteiger partial charge in [-0.2, -0.15) is 0 Å². The van der Waals surface area contributed by atoms with Gasteiger partial charge in [-0.05, 0) is 31.4 Å². The Kier molecular flexibility index (Phi) is 4.43. The van der Waals surface area contributed by atoms with Gasteiger partial charge in [0.1, 0.15) is 0 Å². The predicted octanol–water partition coefficient (Wildman–Crippen LogP) is 3.29. The Bertz CT molecular complexity index is 369. The summed E-state index contributed by atoms with van der Waals surface area (Å²) in [5, 5.41) is 14.2. The number of rotatable bonds is 3. The molecule has 94 valence electrons. The molecule has 1 aliphatic rings. The predicted molar refractivity (Wildman–Crippen MR) is 71.3 cm³/mol. The fraction of sp³-hybridized carbons (Fsp3) is 0.571. The van der Waals surface area contributed by atoms with Crippen LogP contribution in [0, 0.1) is 0 Å². The lowest BCUT2D eigenvalue weighted by Gasteiger charge is -2.31. The molecule has 17 heavy (non-hydrogen) atoms. The molecule has 1 aliphatic carbocycles. The summed E-state index contributed by atoms with van der Waals surface area (Å²) in [5.74, 6) is 0. The van der Waals surface area contributed by atoms with Crippen LogP contribution in [0.4, 0.5) is 0 Å². The van der Waals surface area contributed by atoms with E-state index in [1.165, 1.54) is 6.42 Å². The second-order valence-electron chi connectivity index (χ2n) is 4.87. The molecule has 0 bridgehead atoms. The highest BCUT2D eigenvalue weighted by molar-refractivity contribution is 6.31. The van der Waals surface area contributed by atoms with Crippen LogP contribution in [0.3, 0.4) is 0 Å². The summed E-state index contributed by atoms with van der Waals surface area (Å²) in [6.45, 7) is 2.10. The SMILES string of the molecule is CC(N[C@@H]1CCCC[C@H]1O)c1ccccc1Cl. The molecule has 0 amide bonds. The van der Waals surface area contributed by atoms with E-state index in [1.54, 1.807) is 0 Å². The highest BCUT2D eigenvalue weighted by atomic mass is 35.5. The molecule has 1 fully saturated rings. The van der Waals surface area contributed by atoms with Crippen molar-refractivity contribution in [3.8, 4) is 0 Å². The van der Waals surface area contributed by atoms with Crippen molar-refractivity contribution in [3.05, 3.63) is 34.9 Å². The van der Waals surface area contributed by atoms with E-state index >= 15 is 0 Å². The zero-order valence-corrected chi connectivity index (χ0v) is 11.0. The number of nitrogens with one attached hydrogen (secondary N) is 1. The van der Waals surface area contributed by atoms with Gasteiger partial charge in [0.05, 0.1) is 6.10 Å². The molecule has 1 aromatic carbocycles. The molecule has 2 rings (SSSR count). The zero-order chi connectivity index (χ0) is 12.3. The molecular weight excluding hydrogens is 234 g/mol. The summed E-state index contributed by atoms with van der Waals surface area (Å²) >= 11 is 6.17. The molecule has 3 heteroatoms. The van der Waals surface area contributed by atoms with Crippen LogP contribution in [0.2, 0.25) is 5.02 Å². The standard InChI is InChI=1S/C14H20ClNO/c1-10(11-6-2-3-7-12(11)15)16-13-8-4-5-9-14(13)17/h2-3,6-7,10,13-14,16-17H,4-5,8-9H2,1H3/t10?,13-,14-/m1/s1. The van der Waals surface area contributed by atoms with Crippen LogP contribution < -0.4 is 5.32 Å². The highest BCUT2D eigenvalue weighted by Crippen LogP contribution is 2.25. The van der Waals surface area contributed by atoms with E-state index in [2.05, 4.69) is 12.2 Å². The van der Waals surface area contributed by atoms with E-state index in [0.717, 1.165) is 29.8 Å². The first kappa shape index (κ1) is 12.9. The first-order valence-electron chi connectivity index (χ1n) is 6.37. The summed E-state index contributed by atoms with van der Waals surface area (Å²) in [7, 11) is 0. The first-order chi connectivity index (χ1) is 8.18. The minimum absolute atomic E-state index is 0.182. The zero-order valence-electron chi connectivity index (χ0n) is 10.2. The van der Waals surface area contributed by atoms with Gasteiger partial charge in [0.25, 0.3) is 0 Å². The van der Waals surface area contributed by atoms with Gasteiger partial charge in [0.15, 0.2) is 0 Å². The fourth-order valence-electron chi connectivity index (χ4n) is 2.54. The molecule has 0 heterocycles. The summed E-state index contributed by atoms with van der Waals surface area (Å²) in [6.07, 6.45) is 4.08. The van der Waals surface area contributed by atoms with Gasteiger partial charge in [-0.15, -0.1) is 0 Å². The maximum Gasteiger partial charge on any atom is 0.0693 e. The van der Waals surface area contributed by atoms with Crippen molar-refractivity contribution in [1.82, 2.24) is 5.32 Å². The Labute approximate surface area is 108 Å². The summed E-state index contributed by atoms with van der Waals surface area (Å²) < 4.78 is 0. The molecule has 0 radical (unpaired) electrons. The smallest absolute Gasteiger partial charge is 0.0693 e. The number of benzene rings is 1. The van der Waals surface area contributed by atoms with Crippen LogP contribution in [0.5, 0.6) is 0 Å². The number of hydrogen-bond donors (Lipinski definition) is 2. The molecule has 0 saturated heterocycles. The van der Waals surface area contributed by atoms with Crippen molar-refractivity contribution in [2.24, 2.45) is 0 Å². The Morgan fingerprint density at radius 1 is 1.29 bits per heavy atom. The van der Waals surface area contributed by atoms with Crippen molar-refractivity contribution >= 4 is 11.6 Å². The van der Waals surface area contributed by atoms with Crippen molar-refractivity contribution in [2.75, 3.05) is 0 Å². The van der Waals surface area contributed by atoms with Crippen LogP contribution in [0.15, 0.2) is 24.3 Å². The molecular formula is C14H20ClNO. The van der Waals surface area contributed by atoms with Gasteiger partial charge in [-0.1, -0.05) is 42.6 Å². The Morgan fingerprint density at radius 3 is 2.71 bits per heavy atom. The molecule has 2 N–H and O–H groups in total. The monoisotopic (exact) mass is 253 g/mol. The number of hydrogen-bond acceptors (Lipinski definition) is 2. The van der Waals surface area contributed by atoms with Crippen molar-refractivity contribution in [1.29, 1.82) is 0 Å². The average Bonchev–Trinajstić information content (AvgIpc) is 2.32. The molecule has 3 atom stereocenters. The third-order valence-electron chi connectivity index (χ3n) is 3.57. The second kappa shape index (κ2) is 5.85. The maximum absolute atomic E-state index is 9.94. The number of aliphatic hydroxyl groups is 1. The van der Waals surface area contributed by atoms with Gasteiger partial charge >= 0.3 is 0 Å². The second-order valence-corrected chi connectivity index (χ2v) is 5.28. The van der Waals surface area contributed by atoms with Gasteiger partial charge in [-0.25, -0.2) is 0 Å². The quantitative estimate of drug-likeness (QED) is 0.867. The lowest BCUT2D eigenvalue weighted by atomic mass is 9.91. The third kappa shape index (κ3) is 3.21. The van der Waals surface area contributed by atoms with Crippen molar-refractivity contribution in [2.45, 2.75) is 50.8 Å². The van der Waals surface area contributed by atoms with E-state index in [-0.39, 0.29) is 18.2 Å². The minimum atomic E-state index is -0.214. The lowest BCUT2D eigenvalue weighted by Crippen LogP contribution is -2.43. The Morgan fingerprint density at radius 2 is 2.00 bits per heavy atom. The fourth-order valence-corrected chi connectivity index (χ4v) is 2.84. The van der Waals surface area contributed by atoms with Crippen LogP contribution >= 0.6 is 11.6 Å². The topological polar surface area (TPSA) is 32.3 Å². The van der Waals surface area contributed by atoms with Crippen molar-refractivity contribution < 1.29 is 5.11 Å². The van der Waals surface area contributed by atoms with Crippen molar-refractivity contribution in [3.63, 3.8) is 0 Å². The van der Waals surface area contributed by atoms with E-state index in [9.17, 15) is 5.11 Å². The molecule has 0 spiro atoms. The molecule has 0 aliphatic heterocycles. The molecule has 1 saturated carbocycles. The van der Waals surface area contributed by atoms with Gasteiger partial charge in [-0.3, -0.25) is 0 Å². The summed E-state index contributed by atoms with van der Waals surface area (Å²) in [5.41, 5.74) is 1.10. The molecule has 0 aromatic heterocycles. The minimum Gasteiger partial charge on any atom is -0.392 e. The van der Waals surface area contributed by atoms with Gasteiger partial charge in [0.2, 0.25) is 0 Å². The van der Waals surface area contributed by atoms with E-state index < -0.39 is 0 Å². The van der Waals surface area contributed by atoms with Crippen LogP contribution in [-0.2, 0) is 0 Å². The summed E-state index contributed by atoms with van der Waals surface area (Å²) in [6, 6.07) is 8.27. The lowest BCUT2D eigenvalue weighted by molar-refractivity contribution is 0.0860. The number of aliphatic hydroxyl groups excluding tert-OH is 1. The maximum atomic E-state index is 9.94. The molecule has 1 aromatic rings. The van der Waals surface area contributed by atoms with E-state index in [4.69, 9.17) is 11.6 Å². The van der Waals surface area contributed by atoms with E-state index in [1.807, 2.05) is 24.3 Å². The Hall–Kier alpha value is -0.570. The third-order valence-corrected chi connectivity index (χ3v) is 3.91. The Balaban J connectivity index is 2.01. The van der Waals surface area contributed by atoms with Crippen LogP contribution in [-0.4, -0.2) is 17.3 Å². The average molecular weight is 254 g/mol.